The van der Waals surface area contributed by atoms with Crippen LogP contribution in [0.4, 0.5) is 4.79 Å². The summed E-state index contributed by atoms with van der Waals surface area (Å²) in [6.45, 7) is 21.2. The van der Waals surface area contributed by atoms with Gasteiger partial charge in [-0.05, 0) is 56.3 Å². The number of nitrogens with one attached hydrogen (secondary N) is 3. The number of amides is 4. The van der Waals surface area contributed by atoms with Gasteiger partial charge >= 0.3 is 6.09 Å². The Bertz CT molecular complexity index is 977. The van der Waals surface area contributed by atoms with Crippen molar-refractivity contribution in [3.63, 3.8) is 0 Å². The van der Waals surface area contributed by atoms with Crippen LogP contribution in [0.1, 0.15) is 81.6 Å². The van der Waals surface area contributed by atoms with Crippen molar-refractivity contribution in [3.05, 3.63) is 12.7 Å². The molecule has 1 saturated heterocycles. The van der Waals surface area contributed by atoms with Crippen LogP contribution in [0.5, 0.6) is 0 Å². The molecule has 1 heterocycles. The van der Waals surface area contributed by atoms with Gasteiger partial charge in [0.2, 0.25) is 17.6 Å². The molecule has 1 aliphatic carbocycles. The number of nitrogens with zero attached hydrogens (tertiary/aromatic N) is 1. The third-order valence-electron chi connectivity index (χ3n) is 7.41. The number of hydrogen-bond donors (Lipinski definition) is 3. The first-order chi connectivity index (χ1) is 17.8. The SMILES string of the molecule is C=CCNC(=O)C(=O)[C@@H](CCC)NC(=O)C1[C@@H]2C(CN1C(=O)C(CC(C)(C)C)NC(=O)OC(C)(C)C)C2(C)C. The van der Waals surface area contributed by atoms with Gasteiger partial charge < -0.3 is 25.6 Å². The number of piperidine rings is 1. The van der Waals surface area contributed by atoms with Gasteiger partial charge in [-0.2, -0.15) is 0 Å². The van der Waals surface area contributed by atoms with Gasteiger partial charge in [0.05, 0.1) is 6.04 Å². The Labute approximate surface area is 233 Å². The second-order valence-electron chi connectivity index (χ2n) is 13.6. The van der Waals surface area contributed by atoms with E-state index in [4.69, 9.17) is 4.74 Å². The van der Waals surface area contributed by atoms with E-state index in [1.54, 1.807) is 20.8 Å². The van der Waals surface area contributed by atoms with Crippen LogP contribution in [0.3, 0.4) is 0 Å². The van der Waals surface area contributed by atoms with Gasteiger partial charge in [-0.15, -0.1) is 6.58 Å². The average Bonchev–Trinajstić information content (AvgIpc) is 3.13. The topological polar surface area (TPSA) is 134 Å². The molecule has 2 rings (SSSR count). The summed E-state index contributed by atoms with van der Waals surface area (Å²) >= 11 is 0. The van der Waals surface area contributed by atoms with Crippen LogP contribution in [0.15, 0.2) is 12.7 Å². The number of rotatable bonds is 11. The van der Waals surface area contributed by atoms with Gasteiger partial charge in [0.15, 0.2) is 0 Å². The van der Waals surface area contributed by atoms with E-state index in [-0.39, 0.29) is 41.5 Å². The number of carbonyl (C=O) groups is 5. The summed E-state index contributed by atoms with van der Waals surface area (Å²) in [7, 11) is 0. The molecule has 1 aliphatic heterocycles. The van der Waals surface area contributed by atoms with E-state index in [9.17, 15) is 24.0 Å². The summed E-state index contributed by atoms with van der Waals surface area (Å²) in [6.07, 6.45) is 1.97. The first kappa shape index (κ1) is 32.3. The highest BCUT2D eigenvalue weighted by molar-refractivity contribution is 6.38. The fraction of sp³-hybridized carbons (Fsp3) is 0.759. The Hall–Kier alpha value is -2.91. The second-order valence-corrected chi connectivity index (χ2v) is 13.6. The lowest BCUT2D eigenvalue weighted by Crippen LogP contribution is -2.58. The summed E-state index contributed by atoms with van der Waals surface area (Å²) in [4.78, 5) is 66.9. The normalized spacial score (nSPS) is 23.1. The summed E-state index contributed by atoms with van der Waals surface area (Å²) < 4.78 is 5.41. The standard InChI is InChI=1S/C29H48N4O6/c1-11-13-18(22(34)24(36)30-14-12-2)31-23(35)21-20-17(29(20,9)10)16-33(21)25(37)19(15-27(3,4)5)32-26(38)39-28(6,7)8/h12,17-21H,2,11,13-16H2,1,3-10H3,(H,30,36)(H,31,35)(H,32,38)/t17?,18-,19?,20+,21?/m1/s1. The Kier molecular flexibility index (Phi) is 10.0. The summed E-state index contributed by atoms with van der Waals surface area (Å²) in [5.41, 5.74) is -1.19. The molecule has 1 saturated carbocycles. The van der Waals surface area contributed by atoms with E-state index >= 15 is 0 Å². The highest BCUT2D eigenvalue weighted by Crippen LogP contribution is 2.65. The highest BCUT2D eigenvalue weighted by Gasteiger charge is 2.69. The van der Waals surface area contributed by atoms with Crippen LogP contribution in [0.25, 0.3) is 0 Å². The molecular weight excluding hydrogens is 500 g/mol. The second kappa shape index (κ2) is 12.1. The third-order valence-corrected chi connectivity index (χ3v) is 7.41. The van der Waals surface area contributed by atoms with Crippen LogP contribution in [-0.2, 0) is 23.9 Å². The first-order valence-electron chi connectivity index (χ1n) is 13.9. The molecule has 10 nitrogen and oxygen atoms in total. The fourth-order valence-electron chi connectivity index (χ4n) is 5.50. The molecule has 39 heavy (non-hydrogen) atoms. The third kappa shape index (κ3) is 8.29. The molecule has 0 aromatic rings. The van der Waals surface area contributed by atoms with Crippen LogP contribution in [0.2, 0.25) is 0 Å². The maximum absolute atomic E-state index is 13.9. The van der Waals surface area contributed by atoms with Gasteiger partial charge in [-0.3, -0.25) is 19.2 Å². The van der Waals surface area contributed by atoms with Crippen LogP contribution < -0.4 is 16.0 Å². The number of ether oxygens (including phenoxy) is 1. The Morgan fingerprint density at radius 2 is 1.67 bits per heavy atom. The van der Waals surface area contributed by atoms with Gasteiger partial charge in [-0.25, -0.2) is 4.79 Å². The number of Topliss-reactive ketones (excluding diaryl/α,β-unsaturated/α-hetero) is 1. The van der Waals surface area contributed by atoms with Crippen molar-refractivity contribution in [1.29, 1.82) is 0 Å². The molecule has 0 aromatic heterocycles. The number of alkyl carbamates (subject to hydrolysis) is 1. The van der Waals surface area contributed by atoms with E-state index in [1.165, 1.54) is 11.0 Å². The Balaban J connectivity index is 2.30. The van der Waals surface area contributed by atoms with Crippen molar-refractivity contribution in [3.8, 4) is 0 Å². The lowest BCUT2D eigenvalue weighted by Gasteiger charge is -2.35. The minimum atomic E-state index is -1.00. The number of likely N-dealkylation sites (tertiary alicyclic amines) is 1. The largest absolute Gasteiger partial charge is 0.444 e. The molecule has 0 radical (unpaired) electrons. The predicted octanol–water partition coefficient (Wildman–Crippen LogP) is 2.96. The van der Waals surface area contributed by atoms with Gasteiger partial charge in [0, 0.05) is 13.1 Å². The monoisotopic (exact) mass is 548 g/mol. The average molecular weight is 549 g/mol. The fourth-order valence-corrected chi connectivity index (χ4v) is 5.50. The van der Waals surface area contributed by atoms with E-state index in [2.05, 4.69) is 36.4 Å². The molecule has 2 fully saturated rings. The quantitative estimate of drug-likeness (QED) is 0.269. The lowest BCUT2D eigenvalue weighted by atomic mass is 9.87. The zero-order valence-corrected chi connectivity index (χ0v) is 25.1. The molecule has 2 aliphatic rings. The minimum absolute atomic E-state index is 0.0924. The van der Waals surface area contributed by atoms with Gasteiger partial charge in [0.25, 0.3) is 5.91 Å². The van der Waals surface area contributed by atoms with Crippen LogP contribution in [0, 0.1) is 22.7 Å². The lowest BCUT2D eigenvalue weighted by molar-refractivity contribution is -0.144. The molecule has 3 unspecified atom stereocenters. The summed E-state index contributed by atoms with van der Waals surface area (Å²) in [5, 5.41) is 7.97. The molecular formula is C29H48N4O6. The molecule has 5 atom stereocenters. The van der Waals surface area contributed by atoms with Crippen LogP contribution >= 0.6 is 0 Å². The van der Waals surface area contributed by atoms with Crippen molar-refractivity contribution in [1.82, 2.24) is 20.9 Å². The molecule has 10 heteroatoms. The minimum Gasteiger partial charge on any atom is -0.444 e. The number of carbonyl (C=O) groups excluding carboxylic acids is 5. The van der Waals surface area contributed by atoms with Crippen LogP contribution in [-0.4, -0.2) is 71.3 Å². The zero-order chi connectivity index (χ0) is 29.9. The van der Waals surface area contributed by atoms with Gasteiger partial charge in [-0.1, -0.05) is 54.0 Å². The van der Waals surface area contributed by atoms with E-state index in [0.717, 1.165) is 0 Å². The summed E-state index contributed by atoms with van der Waals surface area (Å²) in [5.74, 6) is -2.32. The van der Waals surface area contributed by atoms with E-state index in [0.29, 0.717) is 19.4 Å². The van der Waals surface area contributed by atoms with Crippen molar-refractivity contribution in [2.24, 2.45) is 22.7 Å². The molecule has 0 aromatic carbocycles. The maximum atomic E-state index is 13.9. The number of hydrogen-bond acceptors (Lipinski definition) is 6. The number of fused-ring (bicyclic) bond motifs is 1. The Morgan fingerprint density at radius 3 is 2.18 bits per heavy atom. The number of ketones is 1. The smallest absolute Gasteiger partial charge is 0.408 e. The summed E-state index contributed by atoms with van der Waals surface area (Å²) in [6, 6.07) is -2.72. The van der Waals surface area contributed by atoms with Crippen molar-refractivity contribution < 1.29 is 28.7 Å². The van der Waals surface area contributed by atoms with E-state index < -0.39 is 47.4 Å². The van der Waals surface area contributed by atoms with Gasteiger partial charge in [0.1, 0.15) is 17.7 Å². The first-order valence-corrected chi connectivity index (χ1v) is 13.9. The zero-order valence-electron chi connectivity index (χ0n) is 25.1. The molecule has 4 amide bonds. The molecule has 0 spiro atoms. The predicted molar refractivity (Wildman–Crippen MR) is 149 cm³/mol. The highest BCUT2D eigenvalue weighted by atomic mass is 16.6. The molecule has 3 N–H and O–H groups in total. The maximum Gasteiger partial charge on any atom is 0.408 e. The molecule has 220 valence electrons. The Morgan fingerprint density at radius 1 is 1.05 bits per heavy atom. The van der Waals surface area contributed by atoms with E-state index in [1.807, 2.05) is 27.7 Å². The van der Waals surface area contributed by atoms with Crippen molar-refractivity contribution >= 4 is 29.6 Å². The van der Waals surface area contributed by atoms with Crippen molar-refractivity contribution in [2.45, 2.75) is 105 Å². The molecule has 0 bridgehead atoms. The van der Waals surface area contributed by atoms with Crippen molar-refractivity contribution in [2.75, 3.05) is 13.1 Å².